The number of benzene rings is 1. The molecule has 2 rings (SSSR count). The summed E-state index contributed by atoms with van der Waals surface area (Å²) in [7, 11) is -0.980. The Hall–Kier alpha value is -1.20. The minimum Gasteiger partial charge on any atom is -0.480 e. The zero-order valence-corrected chi connectivity index (χ0v) is 9.71. The molecule has 1 heterocycles. The summed E-state index contributed by atoms with van der Waals surface area (Å²) < 4.78 is 11.6. The maximum absolute atomic E-state index is 11.6. The summed E-state index contributed by atoms with van der Waals surface area (Å²) in [5, 5.41) is 11.9. The summed E-state index contributed by atoms with van der Waals surface area (Å²) in [6.07, 6.45) is 0. The van der Waals surface area contributed by atoms with Crippen LogP contribution in [-0.4, -0.2) is 21.0 Å². The highest BCUT2D eigenvalue weighted by Gasteiger charge is 2.27. The van der Waals surface area contributed by atoms with Crippen LogP contribution in [0, 0.1) is 0 Å². The minimum absolute atomic E-state index is 0.529. The smallest absolute Gasteiger partial charge is 0.325 e. The molecule has 1 aromatic carbocycles. The van der Waals surface area contributed by atoms with E-state index in [1.54, 1.807) is 12.1 Å². The average molecular weight is 239 g/mol. The van der Waals surface area contributed by atoms with E-state index in [0.29, 0.717) is 12.3 Å². The fourth-order valence-electron chi connectivity index (χ4n) is 1.87. The molecule has 16 heavy (non-hydrogen) atoms. The van der Waals surface area contributed by atoms with Gasteiger partial charge in [0.25, 0.3) is 0 Å². The topological polar surface area (TPSA) is 66.4 Å². The number of nitrogens with one attached hydrogen (secondary N) is 1. The van der Waals surface area contributed by atoms with Crippen molar-refractivity contribution in [3.63, 3.8) is 0 Å². The quantitative estimate of drug-likeness (QED) is 0.827. The number of carboxylic acid groups (broad SMARTS) is 1. The number of carboxylic acids is 1. The van der Waals surface area contributed by atoms with Crippen LogP contribution >= 0.6 is 0 Å². The van der Waals surface area contributed by atoms with Crippen LogP contribution in [0.25, 0.3) is 0 Å². The summed E-state index contributed by atoms with van der Waals surface area (Å²) in [4.78, 5) is 11.7. The second kappa shape index (κ2) is 4.35. The largest absolute Gasteiger partial charge is 0.480 e. The first kappa shape index (κ1) is 11.3. The van der Waals surface area contributed by atoms with E-state index in [4.69, 9.17) is 5.11 Å². The highest BCUT2D eigenvalue weighted by atomic mass is 32.2. The van der Waals surface area contributed by atoms with Crippen LogP contribution in [0.1, 0.15) is 24.1 Å². The monoisotopic (exact) mass is 239 g/mol. The van der Waals surface area contributed by atoms with Gasteiger partial charge in [0.2, 0.25) is 0 Å². The van der Waals surface area contributed by atoms with E-state index in [-0.39, 0.29) is 0 Å². The third-order valence-corrected chi connectivity index (χ3v) is 4.00. The Balaban J connectivity index is 2.36. The molecule has 0 radical (unpaired) electrons. The molecule has 4 nitrogen and oxygen atoms in total. The van der Waals surface area contributed by atoms with E-state index in [2.05, 4.69) is 5.32 Å². The summed E-state index contributed by atoms with van der Waals surface area (Å²) in [5.41, 5.74) is 1.72. The molecule has 1 aliphatic rings. The van der Waals surface area contributed by atoms with Gasteiger partial charge in [-0.1, -0.05) is 13.0 Å². The van der Waals surface area contributed by atoms with Crippen LogP contribution < -0.4 is 5.32 Å². The third kappa shape index (κ3) is 1.88. The van der Waals surface area contributed by atoms with Gasteiger partial charge in [-0.3, -0.25) is 14.3 Å². The van der Waals surface area contributed by atoms with Gasteiger partial charge in [-0.15, -0.1) is 0 Å². The van der Waals surface area contributed by atoms with Gasteiger partial charge in [-0.2, -0.15) is 0 Å². The van der Waals surface area contributed by atoms with Crippen molar-refractivity contribution < 1.29 is 14.1 Å². The Kier molecular flexibility index (Phi) is 3.07. The van der Waals surface area contributed by atoms with E-state index in [0.717, 1.165) is 16.0 Å². The number of hydrogen-bond donors (Lipinski definition) is 2. The van der Waals surface area contributed by atoms with Gasteiger partial charge >= 0.3 is 5.97 Å². The maximum Gasteiger partial charge on any atom is 0.325 e. The first-order chi connectivity index (χ1) is 7.63. The molecule has 0 saturated heterocycles. The second-order valence-electron chi connectivity index (χ2n) is 3.65. The zero-order chi connectivity index (χ0) is 11.7. The first-order valence-corrected chi connectivity index (χ1v) is 6.42. The van der Waals surface area contributed by atoms with Gasteiger partial charge < -0.3 is 5.11 Å². The second-order valence-corrected chi connectivity index (χ2v) is 5.39. The predicted octanol–water partition coefficient (Wildman–Crippen LogP) is 1.04. The van der Waals surface area contributed by atoms with Gasteiger partial charge in [0, 0.05) is 17.2 Å². The number of hydrogen-bond acceptors (Lipinski definition) is 3. The van der Waals surface area contributed by atoms with Gasteiger partial charge in [-0.25, -0.2) is 0 Å². The molecule has 5 heteroatoms. The predicted molar refractivity (Wildman–Crippen MR) is 60.6 cm³/mol. The van der Waals surface area contributed by atoms with Crippen LogP contribution in [0.2, 0.25) is 0 Å². The standard InChI is InChI=1S/C11H13NO3S/c1-2-16(15)8-3-4-9-7(5-8)6-12-10(9)11(13)14/h3-5,10,12H,2,6H2,1H3,(H,13,14). The molecule has 2 N–H and O–H groups in total. The summed E-state index contributed by atoms with van der Waals surface area (Å²) in [6.45, 7) is 2.39. The molecule has 1 aromatic rings. The van der Waals surface area contributed by atoms with Crippen molar-refractivity contribution in [2.45, 2.75) is 24.4 Å². The molecule has 0 saturated carbocycles. The van der Waals surface area contributed by atoms with Gasteiger partial charge in [0.1, 0.15) is 6.04 Å². The Morgan fingerprint density at radius 1 is 1.62 bits per heavy atom. The van der Waals surface area contributed by atoms with Crippen molar-refractivity contribution in [1.82, 2.24) is 5.32 Å². The molecule has 0 aliphatic carbocycles. The SMILES string of the molecule is CCS(=O)c1ccc2c(c1)CNC2C(=O)O. The molecular weight excluding hydrogens is 226 g/mol. The lowest BCUT2D eigenvalue weighted by molar-refractivity contribution is -0.139. The van der Waals surface area contributed by atoms with Gasteiger partial charge in [0.05, 0.1) is 10.8 Å². The maximum atomic E-state index is 11.6. The average Bonchev–Trinajstić information content (AvgIpc) is 2.70. The number of carbonyl (C=O) groups is 1. The van der Waals surface area contributed by atoms with Crippen LogP contribution in [0.3, 0.4) is 0 Å². The van der Waals surface area contributed by atoms with Gasteiger partial charge in [0.15, 0.2) is 0 Å². The Labute approximate surface area is 96.1 Å². The number of rotatable bonds is 3. The lowest BCUT2D eigenvalue weighted by Gasteiger charge is -2.06. The molecule has 0 spiro atoms. The molecule has 1 aliphatic heterocycles. The Morgan fingerprint density at radius 3 is 3.00 bits per heavy atom. The zero-order valence-electron chi connectivity index (χ0n) is 8.90. The normalized spacial score (nSPS) is 20.4. The van der Waals surface area contributed by atoms with Crippen molar-refractivity contribution in [2.75, 3.05) is 5.75 Å². The summed E-state index contributed by atoms with van der Waals surface area (Å²) >= 11 is 0. The molecule has 0 bridgehead atoms. The lowest BCUT2D eigenvalue weighted by atomic mass is 10.1. The fraction of sp³-hybridized carbons (Fsp3) is 0.364. The molecule has 2 unspecified atom stereocenters. The van der Waals surface area contributed by atoms with Crippen molar-refractivity contribution >= 4 is 16.8 Å². The van der Waals surface area contributed by atoms with Crippen molar-refractivity contribution in [2.24, 2.45) is 0 Å². The molecule has 0 fully saturated rings. The van der Waals surface area contributed by atoms with Crippen LogP contribution in [0.4, 0.5) is 0 Å². The van der Waals surface area contributed by atoms with E-state index in [1.807, 2.05) is 13.0 Å². The third-order valence-electron chi connectivity index (χ3n) is 2.69. The molecule has 0 aromatic heterocycles. The van der Waals surface area contributed by atoms with E-state index < -0.39 is 22.8 Å². The first-order valence-electron chi connectivity index (χ1n) is 5.11. The summed E-state index contributed by atoms with van der Waals surface area (Å²) in [6, 6.07) is 4.72. The van der Waals surface area contributed by atoms with E-state index in [9.17, 15) is 9.00 Å². The van der Waals surface area contributed by atoms with Crippen LogP contribution in [0.15, 0.2) is 23.1 Å². The number of fused-ring (bicyclic) bond motifs is 1. The van der Waals surface area contributed by atoms with Crippen molar-refractivity contribution in [1.29, 1.82) is 0 Å². The Morgan fingerprint density at radius 2 is 2.38 bits per heavy atom. The highest BCUT2D eigenvalue weighted by molar-refractivity contribution is 7.85. The van der Waals surface area contributed by atoms with E-state index in [1.165, 1.54) is 0 Å². The molecule has 86 valence electrons. The minimum atomic E-state index is -0.980. The summed E-state index contributed by atoms with van der Waals surface area (Å²) in [5.74, 6) is -0.294. The molecule has 0 amide bonds. The molecular formula is C11H13NO3S. The highest BCUT2D eigenvalue weighted by Crippen LogP contribution is 2.27. The van der Waals surface area contributed by atoms with Crippen molar-refractivity contribution in [3.05, 3.63) is 29.3 Å². The van der Waals surface area contributed by atoms with Gasteiger partial charge in [-0.05, 0) is 23.3 Å². The van der Waals surface area contributed by atoms with E-state index >= 15 is 0 Å². The molecule has 2 atom stereocenters. The lowest BCUT2D eigenvalue weighted by Crippen LogP contribution is -2.21. The fourth-order valence-corrected chi connectivity index (χ4v) is 2.69. The van der Waals surface area contributed by atoms with Crippen molar-refractivity contribution in [3.8, 4) is 0 Å². The van der Waals surface area contributed by atoms with Crippen LogP contribution in [0.5, 0.6) is 0 Å². The van der Waals surface area contributed by atoms with Crippen LogP contribution in [-0.2, 0) is 22.1 Å². The number of aliphatic carboxylic acids is 1. The Bertz CT molecular complexity index is 459.